The molecule has 6 aromatic carbocycles. The summed E-state index contributed by atoms with van der Waals surface area (Å²) in [5.74, 6) is 10.7. The minimum absolute atomic E-state index is 0.120. The number of furan rings is 3. The van der Waals surface area contributed by atoms with Crippen molar-refractivity contribution in [3.8, 4) is 83.7 Å². The third-order valence-corrected chi connectivity index (χ3v) is 23.1. The maximum absolute atomic E-state index is 8.60. The van der Waals surface area contributed by atoms with Crippen molar-refractivity contribution in [2.24, 2.45) is 4.30 Å². The number of halogens is 5. The quantitative estimate of drug-likeness (QED) is 0.0420. The Kier molecular flexibility index (Phi) is 36.7. The van der Waals surface area contributed by atoms with Crippen LogP contribution in [0, 0.1) is 41.5 Å². The van der Waals surface area contributed by atoms with Crippen LogP contribution >= 0.6 is 143 Å². The van der Waals surface area contributed by atoms with Crippen LogP contribution < -0.4 is 47.4 Å². The van der Waals surface area contributed by atoms with Crippen LogP contribution in [0.5, 0.6) is 51.7 Å². The van der Waals surface area contributed by atoms with Gasteiger partial charge in [-0.2, -0.15) is 0 Å². The molecule has 1 radical (unpaired) electrons. The number of hydrogen-bond acceptors (Lipinski definition) is 22. The van der Waals surface area contributed by atoms with E-state index in [2.05, 4.69) is 110 Å². The molecule has 0 fully saturated rings. The van der Waals surface area contributed by atoms with Crippen LogP contribution in [0.3, 0.4) is 0 Å². The molecule has 0 aliphatic carbocycles. The summed E-state index contributed by atoms with van der Waals surface area (Å²) >= 11 is 39.2. The molecule has 0 saturated carbocycles. The molecular weight excluding hydrogens is 1710 g/mol. The van der Waals surface area contributed by atoms with E-state index >= 15 is 0 Å². The fourth-order valence-electron chi connectivity index (χ4n) is 9.90. The summed E-state index contributed by atoms with van der Waals surface area (Å²) in [4.78, 5) is 12.9. The molecule has 0 saturated heterocycles. The van der Waals surface area contributed by atoms with Crippen molar-refractivity contribution < 1.29 is 65.9 Å². The normalized spacial score (nSPS) is 10.8. The molecule has 0 atom stereocenters. The van der Waals surface area contributed by atoms with E-state index in [1.54, 1.807) is 124 Å². The maximum atomic E-state index is 8.60. The first-order valence-corrected chi connectivity index (χ1v) is 41.6. The number of benzene rings is 6. The number of ether oxygens (including phenoxy) is 9. The topological polar surface area (TPSA) is 175 Å². The summed E-state index contributed by atoms with van der Waals surface area (Å²) in [6.45, 7) is 12.3. The van der Waals surface area contributed by atoms with E-state index in [0.717, 1.165) is 118 Å². The number of nitrogens with zero attached hydrogens (tertiary/aromatic N) is 1. The van der Waals surface area contributed by atoms with E-state index in [1.165, 1.54) is 46.8 Å². The molecule has 0 aliphatic rings. The van der Waals surface area contributed by atoms with Gasteiger partial charge in [0, 0.05) is 97.7 Å². The van der Waals surface area contributed by atoms with E-state index in [9.17, 15) is 0 Å². The van der Waals surface area contributed by atoms with E-state index in [1.807, 2.05) is 160 Å². The molecule has 0 amide bonds. The molecule has 0 unspecified atom stereocenters. The Morgan fingerprint density at radius 3 is 1.09 bits per heavy atom. The van der Waals surface area contributed by atoms with Crippen LogP contribution in [0.25, 0.3) is 76.3 Å². The third kappa shape index (κ3) is 27.6. The van der Waals surface area contributed by atoms with Gasteiger partial charge in [0.2, 0.25) is 5.22 Å². The van der Waals surface area contributed by atoms with Crippen molar-refractivity contribution in [3.63, 3.8) is 0 Å². The Morgan fingerprint density at radius 1 is 0.407 bits per heavy atom. The van der Waals surface area contributed by atoms with Gasteiger partial charge >= 0.3 is 31.9 Å². The van der Waals surface area contributed by atoms with Crippen LogP contribution in [0.4, 0.5) is 0 Å². The van der Waals surface area contributed by atoms with Gasteiger partial charge < -0.3 is 65.9 Å². The summed E-state index contributed by atoms with van der Waals surface area (Å²) in [7, 11) is 12.8. The zero-order valence-corrected chi connectivity index (χ0v) is 73.5. The number of fused-ring (bicyclic) bond motifs is 3. The second-order valence-corrected chi connectivity index (χ2v) is 33.1. The van der Waals surface area contributed by atoms with Gasteiger partial charge in [0.25, 0.3) is 0 Å². The minimum atomic E-state index is -1.30. The number of hydrogen-bond donors (Lipinski definition) is 3. The Bertz CT molecular complexity index is 5380. The average molecular weight is 1790 g/mol. The van der Waals surface area contributed by atoms with Crippen molar-refractivity contribution in [1.82, 2.24) is 0 Å². The zero-order valence-electron chi connectivity index (χ0n) is 63.1. The summed E-state index contributed by atoms with van der Waals surface area (Å²) in [5.41, 5.74) is 6.62. The van der Waals surface area contributed by atoms with E-state index in [-0.39, 0.29) is 5.22 Å². The van der Waals surface area contributed by atoms with Crippen molar-refractivity contribution in [1.29, 1.82) is 0 Å². The number of rotatable bonds is 18. The summed E-state index contributed by atoms with van der Waals surface area (Å²) in [5, 5.41) is 20.6. The number of thiophene rings is 6. The SMILES string of the molecule is COc1ccc2c(Br)c(-c3ccc(C)s3)oc2c1.COc1ccc2cc(-c3ccc(C)s3)oc2c1.COc1ccc2cc(-c3ccc(C)s3)oc2c1.COc1cccc(O/C(=C\Cl)c2ccc(C)s2)c1.COc1cccc(O/C(=C\Cl)c2ccc(C)s2)c1.COc1cccc(O/C(Cl)=C\Cl)c1.Cc1ccc(B(O)O)s1.[B]=NS. The molecule has 15 aromatic rings. The Morgan fingerprint density at radius 2 is 0.752 bits per heavy atom. The number of aryl methyl sites for hydroxylation is 6. The first-order valence-electron chi connectivity index (χ1n) is 33.8. The van der Waals surface area contributed by atoms with Crippen molar-refractivity contribution >= 4 is 207 Å². The van der Waals surface area contributed by atoms with Crippen LogP contribution in [0.15, 0.2) is 256 Å². The molecule has 15 nitrogen and oxygen atoms in total. The molecule has 0 bridgehead atoms. The number of methoxy groups -OCH3 is 6. The second kappa shape index (κ2) is 46.1. The Hall–Kier alpha value is -8.60. The first kappa shape index (κ1) is 89.9. The molecule has 0 spiro atoms. The second-order valence-electron chi connectivity index (χ2n) is 23.3. The van der Waals surface area contributed by atoms with Crippen molar-refractivity contribution in [2.45, 2.75) is 41.5 Å². The third-order valence-electron chi connectivity index (χ3n) is 15.3. The van der Waals surface area contributed by atoms with Gasteiger partial charge in [-0.05, 0) is 221 Å². The van der Waals surface area contributed by atoms with Crippen LogP contribution in [0.1, 0.15) is 39.0 Å². The average Bonchev–Trinajstić information content (AvgIpc) is 1.65. The molecule has 2 N–H and O–H groups in total. The first-order chi connectivity index (χ1) is 54.5. The summed E-state index contributed by atoms with van der Waals surface area (Å²) in [6.07, 6.45) is 0. The van der Waals surface area contributed by atoms with Gasteiger partial charge in [-0.25, -0.2) is 0 Å². The molecule has 585 valence electrons. The fraction of sp³-hybridized carbons (Fsp3) is 0.143. The monoisotopic (exact) mass is 1790 g/mol. The molecule has 113 heavy (non-hydrogen) atoms. The van der Waals surface area contributed by atoms with Gasteiger partial charge in [0.15, 0.2) is 17.3 Å². The molecule has 9 heterocycles. The Labute approximate surface area is 716 Å². The van der Waals surface area contributed by atoms with Gasteiger partial charge in [-0.3, -0.25) is 0 Å². The van der Waals surface area contributed by atoms with Crippen molar-refractivity contribution in [2.75, 3.05) is 42.7 Å². The van der Waals surface area contributed by atoms with Crippen LogP contribution in [-0.4, -0.2) is 67.5 Å². The summed E-state index contributed by atoms with van der Waals surface area (Å²) < 4.78 is 69.4. The van der Waals surface area contributed by atoms with Gasteiger partial charge in [0.05, 0.1) is 77.1 Å². The van der Waals surface area contributed by atoms with Crippen molar-refractivity contribution in [3.05, 3.63) is 278 Å². The van der Waals surface area contributed by atoms with Crippen LogP contribution in [-0.2, 0) is 0 Å². The summed E-state index contributed by atoms with van der Waals surface area (Å²) in [6, 6.07) is 67.9. The zero-order chi connectivity index (χ0) is 81.5. The standard InChI is InChI=1S/C14H11BrO2S.2C14H13ClO2S.2C14H12O2S.C9H8Cl2O2.C5H7BO2S.BHNS/c1-8-3-6-12(18-8)14-13(15)10-5-4-9(16-2)7-11(10)17-14;2*1-10-6-7-14(18-10)13(9-15)17-12-5-3-4-11(8-12)16-2;2*1-9-3-6-14(17-9)13-7-10-4-5-11(15-2)8-12(10)16-13;1-12-7-3-2-4-8(5-7)13-9(11)6-10;1-4-2-3-5(9-4)6(7)8;1-2-3/h3-7H,1-2H3;2*3-9H,1-2H3;2*3-8H,1-2H3;2-6H,1H3;2-3,7-8H,1H3;3H/b;2*13-9-;;;9-6-;;. The number of thiol groups is 1. The molecule has 0 aliphatic heterocycles. The Balaban J connectivity index is 0.000000165. The molecular formula is C84H77B2BrCl4NO14S7. The molecule has 29 heteroatoms. The molecule has 15 rings (SSSR count). The van der Waals surface area contributed by atoms with Gasteiger partial charge in [-0.1, -0.05) is 59.1 Å². The van der Waals surface area contributed by atoms with Gasteiger partial charge in [0.1, 0.15) is 80.0 Å². The predicted octanol–water partition coefficient (Wildman–Crippen LogP) is 26.8. The van der Waals surface area contributed by atoms with E-state index < -0.39 is 7.12 Å². The van der Waals surface area contributed by atoms with E-state index in [4.69, 9.17) is 112 Å². The van der Waals surface area contributed by atoms with Gasteiger partial charge in [-0.15, -0.1) is 68.0 Å². The van der Waals surface area contributed by atoms with E-state index in [0.29, 0.717) is 39.3 Å². The molecule has 9 aromatic heterocycles. The van der Waals surface area contributed by atoms with Crippen LogP contribution in [0.2, 0.25) is 0 Å². The fourth-order valence-corrected chi connectivity index (χ4v) is 16.1. The predicted molar refractivity (Wildman–Crippen MR) is 483 cm³/mol.